The zero-order valence-corrected chi connectivity index (χ0v) is 16.6. The van der Waals surface area contributed by atoms with Gasteiger partial charge in [0.2, 0.25) is 5.82 Å². The molecule has 2 aromatic heterocycles. The van der Waals surface area contributed by atoms with Crippen molar-refractivity contribution in [1.29, 1.82) is 0 Å². The number of amides is 1. The highest BCUT2D eigenvalue weighted by Gasteiger charge is 2.24. The number of aryl methyl sites for hydroxylation is 1. The van der Waals surface area contributed by atoms with E-state index in [0.29, 0.717) is 27.3 Å². The summed E-state index contributed by atoms with van der Waals surface area (Å²) in [5, 5.41) is 5.63. The van der Waals surface area contributed by atoms with Gasteiger partial charge in [0, 0.05) is 23.2 Å². The van der Waals surface area contributed by atoms with E-state index in [1.807, 2.05) is 4.72 Å². The lowest BCUT2D eigenvalue weighted by molar-refractivity contribution is 0.0971. The third-order valence-electron chi connectivity index (χ3n) is 4.21. The van der Waals surface area contributed by atoms with Gasteiger partial charge in [0.05, 0.1) is 15.6 Å². The molecule has 0 bridgehead atoms. The fraction of sp³-hybridized carbons (Fsp3) is 0.0526. The maximum absolute atomic E-state index is 12.8. The summed E-state index contributed by atoms with van der Waals surface area (Å²) >= 11 is 6.17. The number of carbonyl (C=O) groups is 1. The van der Waals surface area contributed by atoms with Gasteiger partial charge in [0.25, 0.3) is 10.0 Å². The molecule has 8 nitrogen and oxygen atoms in total. The summed E-state index contributed by atoms with van der Waals surface area (Å²) in [4.78, 5) is 20.6. The zero-order valence-electron chi connectivity index (χ0n) is 15.1. The molecule has 0 aliphatic heterocycles. The van der Waals surface area contributed by atoms with Crippen molar-refractivity contribution < 1.29 is 13.2 Å². The summed E-state index contributed by atoms with van der Waals surface area (Å²) < 4.78 is 29.0. The molecule has 4 rings (SSSR count). The van der Waals surface area contributed by atoms with Crippen LogP contribution in [0, 0.1) is 6.92 Å². The molecule has 0 aliphatic rings. The number of aromatic nitrogens is 4. The number of nitrogens with zero attached hydrogens (tertiary/aromatic N) is 4. The molecule has 29 heavy (non-hydrogen) atoms. The van der Waals surface area contributed by atoms with Gasteiger partial charge in [-0.05, 0) is 31.2 Å². The van der Waals surface area contributed by atoms with Gasteiger partial charge < -0.3 is 0 Å². The Morgan fingerprint density at radius 3 is 2.69 bits per heavy atom. The van der Waals surface area contributed by atoms with Gasteiger partial charge in [-0.2, -0.15) is 0 Å². The first-order chi connectivity index (χ1) is 13.9. The first-order valence-electron chi connectivity index (χ1n) is 8.45. The number of fused-ring (bicyclic) bond motifs is 1. The van der Waals surface area contributed by atoms with Crippen LogP contribution in [0.25, 0.3) is 16.5 Å². The van der Waals surface area contributed by atoms with Gasteiger partial charge in [-0.1, -0.05) is 35.9 Å². The fourth-order valence-electron chi connectivity index (χ4n) is 2.89. The van der Waals surface area contributed by atoms with E-state index in [1.165, 1.54) is 16.9 Å². The molecule has 0 atom stereocenters. The number of para-hydroxylation sites is 1. The third-order valence-corrected chi connectivity index (χ3v) is 5.92. The van der Waals surface area contributed by atoms with E-state index in [2.05, 4.69) is 15.1 Å². The van der Waals surface area contributed by atoms with Gasteiger partial charge in [0.15, 0.2) is 0 Å². The maximum Gasteiger partial charge on any atom is 0.304 e. The summed E-state index contributed by atoms with van der Waals surface area (Å²) in [6.45, 7) is 1.64. The second kappa shape index (κ2) is 7.26. The normalized spacial score (nSPS) is 11.5. The van der Waals surface area contributed by atoms with E-state index in [9.17, 15) is 13.2 Å². The summed E-state index contributed by atoms with van der Waals surface area (Å²) in [6, 6.07) is 13.2. The Kier molecular flexibility index (Phi) is 4.77. The van der Waals surface area contributed by atoms with Crippen LogP contribution in [0.4, 0.5) is 0 Å². The molecule has 2 heterocycles. The monoisotopic (exact) mass is 427 g/mol. The molecule has 2 aromatic carbocycles. The minimum Gasteiger partial charge on any atom is -0.264 e. The molecule has 146 valence electrons. The second-order valence-corrected chi connectivity index (χ2v) is 8.19. The van der Waals surface area contributed by atoms with Gasteiger partial charge in [-0.25, -0.2) is 22.8 Å². The summed E-state index contributed by atoms with van der Waals surface area (Å²) in [5.41, 5.74) is 0.530. The number of hydrogen-bond donors (Lipinski definition) is 1. The van der Waals surface area contributed by atoms with E-state index in [-0.39, 0.29) is 10.7 Å². The minimum absolute atomic E-state index is 0.0343. The molecule has 1 N–H and O–H groups in total. The van der Waals surface area contributed by atoms with Crippen molar-refractivity contribution >= 4 is 38.3 Å². The topological polar surface area (TPSA) is 107 Å². The average molecular weight is 428 g/mol. The molecule has 0 aliphatic carbocycles. The Morgan fingerprint density at radius 1 is 1.10 bits per heavy atom. The highest BCUT2D eigenvalue weighted by atomic mass is 35.5. The molecule has 0 radical (unpaired) electrons. The molecule has 0 saturated heterocycles. The zero-order chi connectivity index (χ0) is 20.6. The number of nitrogens with one attached hydrogen (secondary N) is 1. The number of sulfonamides is 1. The molecule has 10 heteroatoms. The molecule has 0 spiro atoms. The quantitative estimate of drug-likeness (QED) is 0.536. The SMILES string of the molecule is Cc1nc(C(=O)NS(=O)(=O)c2cccc3cnccc23)nn1-c1ccccc1Cl. The van der Waals surface area contributed by atoms with Crippen molar-refractivity contribution in [2.45, 2.75) is 11.8 Å². The fourth-order valence-corrected chi connectivity index (χ4v) is 4.28. The van der Waals surface area contributed by atoms with Crippen LogP contribution >= 0.6 is 11.6 Å². The Bertz CT molecular complexity index is 1350. The lowest BCUT2D eigenvalue weighted by Gasteiger charge is -2.08. The number of rotatable bonds is 4. The van der Waals surface area contributed by atoms with Crippen LogP contribution in [0.1, 0.15) is 16.4 Å². The van der Waals surface area contributed by atoms with Crippen molar-refractivity contribution in [2.24, 2.45) is 0 Å². The number of halogens is 1. The summed E-state index contributed by atoms with van der Waals surface area (Å²) in [7, 11) is -4.15. The first kappa shape index (κ1) is 19.0. The first-order valence-corrected chi connectivity index (χ1v) is 10.3. The predicted octanol–water partition coefficient (Wildman–Crippen LogP) is 2.90. The van der Waals surface area contributed by atoms with E-state index in [0.717, 1.165) is 0 Å². The number of benzene rings is 2. The number of carbonyl (C=O) groups excluding carboxylic acids is 1. The van der Waals surface area contributed by atoms with Gasteiger partial charge in [0.1, 0.15) is 5.82 Å². The van der Waals surface area contributed by atoms with Gasteiger partial charge in [-0.15, -0.1) is 5.10 Å². The molecular weight excluding hydrogens is 414 g/mol. The van der Waals surface area contributed by atoms with Crippen molar-refractivity contribution in [1.82, 2.24) is 24.5 Å². The molecule has 0 unspecified atom stereocenters. The highest BCUT2D eigenvalue weighted by molar-refractivity contribution is 7.90. The minimum atomic E-state index is -4.15. The van der Waals surface area contributed by atoms with E-state index < -0.39 is 15.9 Å². The van der Waals surface area contributed by atoms with Crippen LogP contribution in [0.5, 0.6) is 0 Å². The Morgan fingerprint density at radius 2 is 1.90 bits per heavy atom. The maximum atomic E-state index is 12.8. The van der Waals surface area contributed by atoms with E-state index in [4.69, 9.17) is 11.6 Å². The lowest BCUT2D eigenvalue weighted by atomic mass is 10.2. The van der Waals surface area contributed by atoms with Gasteiger partial charge >= 0.3 is 5.91 Å². The second-order valence-electron chi connectivity index (χ2n) is 6.13. The Balaban J connectivity index is 1.68. The van der Waals surface area contributed by atoms with Crippen LogP contribution in [-0.2, 0) is 10.0 Å². The van der Waals surface area contributed by atoms with Crippen molar-refractivity contribution in [3.05, 3.63) is 77.6 Å². The smallest absolute Gasteiger partial charge is 0.264 e. The van der Waals surface area contributed by atoms with Crippen LogP contribution in [0.3, 0.4) is 0 Å². The molecule has 4 aromatic rings. The van der Waals surface area contributed by atoms with Crippen LogP contribution in [-0.4, -0.2) is 34.1 Å². The van der Waals surface area contributed by atoms with Crippen molar-refractivity contribution in [2.75, 3.05) is 0 Å². The van der Waals surface area contributed by atoms with Crippen LogP contribution in [0.2, 0.25) is 5.02 Å². The summed E-state index contributed by atoms with van der Waals surface area (Å²) in [6.07, 6.45) is 3.03. The summed E-state index contributed by atoms with van der Waals surface area (Å²) in [5.74, 6) is -0.838. The van der Waals surface area contributed by atoms with E-state index in [1.54, 1.807) is 55.6 Å². The highest BCUT2D eigenvalue weighted by Crippen LogP contribution is 2.23. The standard InChI is InChI=1S/C19H14ClN5O3S/c1-12-22-18(23-25(12)16-7-3-2-6-15(16)20)19(26)24-29(27,28)17-8-4-5-13-11-21-10-9-14(13)17/h2-11H,1H3,(H,24,26). The Hall–Kier alpha value is -3.30. The Labute approximate surface area is 171 Å². The molecule has 1 amide bonds. The van der Waals surface area contributed by atoms with E-state index >= 15 is 0 Å². The third kappa shape index (κ3) is 3.57. The van der Waals surface area contributed by atoms with Crippen molar-refractivity contribution in [3.8, 4) is 5.69 Å². The lowest BCUT2D eigenvalue weighted by Crippen LogP contribution is -2.31. The number of pyridine rings is 1. The molecule has 0 saturated carbocycles. The van der Waals surface area contributed by atoms with Gasteiger partial charge in [-0.3, -0.25) is 9.78 Å². The molecular formula is C19H14ClN5O3S. The molecule has 0 fully saturated rings. The predicted molar refractivity (Wildman–Crippen MR) is 108 cm³/mol. The largest absolute Gasteiger partial charge is 0.304 e. The number of hydrogen-bond acceptors (Lipinski definition) is 6. The van der Waals surface area contributed by atoms with Crippen LogP contribution < -0.4 is 4.72 Å². The van der Waals surface area contributed by atoms with Crippen LogP contribution in [0.15, 0.2) is 65.8 Å². The van der Waals surface area contributed by atoms with Crippen molar-refractivity contribution in [3.63, 3.8) is 0 Å². The average Bonchev–Trinajstić information content (AvgIpc) is 3.09.